The van der Waals surface area contributed by atoms with Crippen molar-refractivity contribution in [2.24, 2.45) is 0 Å². The van der Waals surface area contributed by atoms with E-state index in [0.29, 0.717) is 0 Å². The molecule has 0 saturated heterocycles. The summed E-state index contributed by atoms with van der Waals surface area (Å²) in [5, 5.41) is 0. The van der Waals surface area contributed by atoms with Crippen LogP contribution in [-0.4, -0.2) is 8.07 Å². The van der Waals surface area contributed by atoms with E-state index in [1.165, 1.54) is 46.0 Å². The third-order valence-electron chi connectivity index (χ3n) is 5.02. The summed E-state index contributed by atoms with van der Waals surface area (Å²) in [4.78, 5) is 0. The van der Waals surface area contributed by atoms with Crippen molar-refractivity contribution >= 4 is 13.6 Å². The first-order valence-electron chi connectivity index (χ1n) is 7.66. The van der Waals surface area contributed by atoms with Gasteiger partial charge in [0.05, 0.1) is 8.07 Å². The molecule has 106 valence electrons. The van der Waals surface area contributed by atoms with Crippen molar-refractivity contribution in [1.82, 2.24) is 0 Å². The van der Waals surface area contributed by atoms with E-state index in [1.54, 1.807) is 0 Å². The lowest BCUT2D eigenvalue weighted by molar-refractivity contribution is 1.19. The van der Waals surface area contributed by atoms with Crippen LogP contribution in [0.4, 0.5) is 0 Å². The Kier molecular flexibility index (Phi) is 5.60. The molecule has 1 aromatic carbocycles. The van der Waals surface area contributed by atoms with Gasteiger partial charge in [0.25, 0.3) is 0 Å². The van der Waals surface area contributed by atoms with E-state index < -0.39 is 8.07 Å². The second-order valence-corrected chi connectivity index (χ2v) is 11.1. The van der Waals surface area contributed by atoms with E-state index in [9.17, 15) is 0 Å². The number of aryl methyl sites for hydroxylation is 2. The van der Waals surface area contributed by atoms with E-state index in [0.717, 1.165) is 0 Å². The molecule has 1 aromatic rings. The highest BCUT2D eigenvalue weighted by Crippen LogP contribution is 2.28. The number of hydrogen-bond donors (Lipinski definition) is 0. The standard InChI is InChI=1S/C18H30Si/c1-8-19(9-2,10-3)13-16(6)18-11-14(4)17(7)15(5)12-18/h11-13H,8-10H2,1-7H3/b16-13+. The van der Waals surface area contributed by atoms with Crippen LogP contribution < -0.4 is 0 Å². The molecule has 0 amide bonds. The number of hydrogen-bond acceptors (Lipinski definition) is 0. The van der Waals surface area contributed by atoms with Crippen molar-refractivity contribution in [3.63, 3.8) is 0 Å². The average Bonchev–Trinajstić information content (AvgIpc) is 2.41. The Bertz CT molecular complexity index is 433. The zero-order chi connectivity index (χ0) is 14.6. The van der Waals surface area contributed by atoms with Gasteiger partial charge in [0, 0.05) is 0 Å². The normalized spacial score (nSPS) is 12.9. The zero-order valence-corrected chi connectivity index (χ0v) is 14.9. The molecule has 0 aliphatic rings. The summed E-state index contributed by atoms with van der Waals surface area (Å²) in [7, 11) is -1.17. The molecule has 0 fully saturated rings. The minimum atomic E-state index is -1.17. The predicted molar refractivity (Wildman–Crippen MR) is 91.5 cm³/mol. The van der Waals surface area contributed by atoms with Gasteiger partial charge in [-0.3, -0.25) is 0 Å². The van der Waals surface area contributed by atoms with Crippen LogP contribution in [0.1, 0.15) is 49.9 Å². The molecule has 0 nitrogen and oxygen atoms in total. The van der Waals surface area contributed by atoms with Crippen molar-refractivity contribution in [2.75, 3.05) is 0 Å². The highest BCUT2D eigenvalue weighted by Gasteiger charge is 2.24. The molecule has 0 aliphatic carbocycles. The summed E-state index contributed by atoms with van der Waals surface area (Å²) in [5.41, 5.74) is 9.83. The second kappa shape index (κ2) is 6.56. The molecule has 0 spiro atoms. The first-order chi connectivity index (χ1) is 8.89. The molecule has 0 radical (unpaired) electrons. The van der Waals surface area contributed by atoms with E-state index >= 15 is 0 Å². The van der Waals surface area contributed by atoms with E-state index in [2.05, 4.69) is 66.3 Å². The molecule has 0 N–H and O–H groups in total. The number of rotatable bonds is 5. The Morgan fingerprint density at radius 1 is 0.947 bits per heavy atom. The van der Waals surface area contributed by atoms with Crippen LogP contribution in [0, 0.1) is 20.8 Å². The summed E-state index contributed by atoms with van der Waals surface area (Å²) in [6.45, 7) is 16.1. The molecule has 0 heterocycles. The molecule has 0 aliphatic heterocycles. The summed E-state index contributed by atoms with van der Waals surface area (Å²) >= 11 is 0. The van der Waals surface area contributed by atoms with Crippen LogP contribution in [0.25, 0.3) is 5.57 Å². The quantitative estimate of drug-likeness (QED) is 0.572. The first-order valence-corrected chi connectivity index (χ1v) is 10.4. The Balaban J connectivity index is 3.22. The monoisotopic (exact) mass is 274 g/mol. The Morgan fingerprint density at radius 2 is 1.37 bits per heavy atom. The fourth-order valence-corrected chi connectivity index (χ4v) is 6.06. The lowest BCUT2D eigenvalue weighted by Gasteiger charge is -2.25. The average molecular weight is 275 g/mol. The lowest BCUT2D eigenvalue weighted by atomic mass is 9.98. The molecule has 0 saturated carbocycles. The molecule has 0 atom stereocenters. The molecular formula is C18H30Si. The predicted octanol–water partition coefficient (Wildman–Crippen LogP) is 6.06. The topological polar surface area (TPSA) is 0 Å². The van der Waals surface area contributed by atoms with Gasteiger partial charge in [-0.25, -0.2) is 0 Å². The fraction of sp³-hybridized carbons (Fsp3) is 0.556. The van der Waals surface area contributed by atoms with Crippen molar-refractivity contribution in [3.8, 4) is 0 Å². The van der Waals surface area contributed by atoms with E-state index in [4.69, 9.17) is 0 Å². The summed E-state index contributed by atoms with van der Waals surface area (Å²) in [6.07, 6.45) is 0. The van der Waals surface area contributed by atoms with Crippen LogP contribution in [0.2, 0.25) is 18.1 Å². The molecule has 19 heavy (non-hydrogen) atoms. The number of benzene rings is 1. The highest BCUT2D eigenvalue weighted by molar-refractivity contribution is 6.85. The minimum Gasteiger partial charge on any atom is -0.0908 e. The Hall–Kier alpha value is -0.823. The zero-order valence-electron chi connectivity index (χ0n) is 13.9. The van der Waals surface area contributed by atoms with Gasteiger partial charge in [-0.1, -0.05) is 62.3 Å². The lowest BCUT2D eigenvalue weighted by Crippen LogP contribution is -2.29. The Labute approximate surface area is 121 Å². The molecule has 0 aromatic heterocycles. The van der Waals surface area contributed by atoms with Crippen LogP contribution in [0.3, 0.4) is 0 Å². The van der Waals surface area contributed by atoms with Gasteiger partial charge in [0.15, 0.2) is 0 Å². The van der Waals surface area contributed by atoms with Crippen molar-refractivity contribution in [2.45, 2.75) is 66.6 Å². The van der Waals surface area contributed by atoms with Gasteiger partial charge in [-0.2, -0.15) is 0 Å². The second-order valence-electron chi connectivity index (χ2n) is 5.99. The molecule has 0 bridgehead atoms. The Morgan fingerprint density at radius 3 is 1.74 bits per heavy atom. The fourth-order valence-electron chi connectivity index (χ4n) is 2.86. The maximum atomic E-state index is 2.65. The largest absolute Gasteiger partial charge is 0.0908 e. The van der Waals surface area contributed by atoms with Gasteiger partial charge in [-0.15, -0.1) is 0 Å². The maximum absolute atomic E-state index is 2.65. The smallest absolute Gasteiger partial charge is 0.0773 e. The highest BCUT2D eigenvalue weighted by atomic mass is 28.3. The minimum absolute atomic E-state index is 1.17. The summed E-state index contributed by atoms with van der Waals surface area (Å²) < 4.78 is 0. The summed E-state index contributed by atoms with van der Waals surface area (Å²) in [5.74, 6) is 0. The van der Waals surface area contributed by atoms with Crippen LogP contribution in [0.15, 0.2) is 17.8 Å². The van der Waals surface area contributed by atoms with Crippen molar-refractivity contribution in [1.29, 1.82) is 0 Å². The molecule has 0 unspecified atom stereocenters. The van der Waals surface area contributed by atoms with Gasteiger partial charge in [0.2, 0.25) is 0 Å². The third kappa shape index (κ3) is 3.59. The van der Waals surface area contributed by atoms with Crippen LogP contribution in [0.5, 0.6) is 0 Å². The van der Waals surface area contributed by atoms with Gasteiger partial charge in [-0.05, 0) is 49.9 Å². The van der Waals surface area contributed by atoms with Gasteiger partial charge < -0.3 is 0 Å². The van der Waals surface area contributed by atoms with Gasteiger partial charge >= 0.3 is 0 Å². The van der Waals surface area contributed by atoms with E-state index in [-0.39, 0.29) is 0 Å². The number of allylic oxidation sites excluding steroid dienone is 1. The van der Waals surface area contributed by atoms with Gasteiger partial charge in [0.1, 0.15) is 0 Å². The van der Waals surface area contributed by atoms with Crippen molar-refractivity contribution < 1.29 is 0 Å². The molecule has 1 rings (SSSR count). The van der Waals surface area contributed by atoms with Crippen LogP contribution in [-0.2, 0) is 0 Å². The maximum Gasteiger partial charge on any atom is 0.0773 e. The van der Waals surface area contributed by atoms with Crippen LogP contribution >= 0.6 is 0 Å². The first kappa shape index (κ1) is 16.2. The van der Waals surface area contributed by atoms with E-state index in [1.807, 2.05) is 0 Å². The molecule has 1 heteroatoms. The molecular weight excluding hydrogens is 244 g/mol. The SMILES string of the molecule is CC[Si](/C=C(\C)c1cc(C)c(C)c(C)c1)(CC)CC. The van der Waals surface area contributed by atoms with Crippen molar-refractivity contribution in [3.05, 3.63) is 40.1 Å². The summed E-state index contributed by atoms with van der Waals surface area (Å²) in [6, 6.07) is 8.80. The third-order valence-corrected chi connectivity index (χ3v) is 10.3.